The molecule has 0 aromatic heterocycles. The monoisotopic (exact) mass is 328 g/mol. The van der Waals surface area contributed by atoms with Crippen LogP contribution in [0.25, 0.3) is 0 Å². The maximum atomic E-state index is 5.42. The normalized spacial score (nSPS) is 22.5. The van der Waals surface area contributed by atoms with Gasteiger partial charge in [-0.05, 0) is 32.5 Å². The molecular formula is C21H34N3+. The van der Waals surface area contributed by atoms with E-state index in [1.54, 1.807) is 0 Å². The minimum absolute atomic E-state index is 0.884. The van der Waals surface area contributed by atoms with Gasteiger partial charge in [0, 0.05) is 51.9 Å². The van der Waals surface area contributed by atoms with E-state index in [-0.39, 0.29) is 0 Å². The molecule has 2 saturated heterocycles. The Hall–Kier alpha value is -1.26. The van der Waals surface area contributed by atoms with Crippen molar-refractivity contribution in [3.8, 4) is 24.7 Å². The highest BCUT2D eigenvalue weighted by Crippen LogP contribution is 2.29. The number of hydrogen-bond donors (Lipinski definition) is 0. The molecule has 0 bridgehead atoms. The number of hydrogen-bond acceptors (Lipinski definition) is 2. The van der Waals surface area contributed by atoms with Gasteiger partial charge in [-0.2, -0.15) is 0 Å². The topological polar surface area (TPSA) is 6.48 Å². The van der Waals surface area contributed by atoms with Crippen molar-refractivity contribution in [2.24, 2.45) is 0 Å². The summed E-state index contributed by atoms with van der Waals surface area (Å²) in [6, 6.07) is 0. The van der Waals surface area contributed by atoms with Crippen LogP contribution in [0.1, 0.15) is 38.5 Å². The Labute approximate surface area is 149 Å². The zero-order valence-electron chi connectivity index (χ0n) is 15.3. The lowest BCUT2D eigenvalue weighted by Crippen LogP contribution is -2.50. The molecule has 2 aliphatic heterocycles. The minimum atomic E-state index is 0.884. The van der Waals surface area contributed by atoms with Gasteiger partial charge in [0.15, 0.2) is 0 Å². The lowest BCUT2D eigenvalue weighted by atomic mass is 10.2. The summed E-state index contributed by atoms with van der Waals surface area (Å²) in [6.45, 7) is 15.0. The molecule has 132 valence electrons. The average Bonchev–Trinajstić information content (AvgIpc) is 2.97. The van der Waals surface area contributed by atoms with E-state index in [1.807, 2.05) is 0 Å². The average molecular weight is 329 g/mol. The van der Waals surface area contributed by atoms with Gasteiger partial charge in [0.2, 0.25) is 0 Å². The molecule has 1 spiro atoms. The number of terminal acetylenes is 2. The third-order valence-corrected chi connectivity index (χ3v) is 5.73. The molecule has 3 heteroatoms. The molecule has 0 aromatic carbocycles. The summed E-state index contributed by atoms with van der Waals surface area (Å²) in [5, 5.41) is 0. The highest BCUT2D eigenvalue weighted by atomic mass is 15.4. The lowest BCUT2D eigenvalue weighted by molar-refractivity contribution is -0.881. The summed E-state index contributed by atoms with van der Waals surface area (Å²) >= 11 is 0. The largest absolute Gasteiger partial charge is 0.296 e. The first-order valence-electron chi connectivity index (χ1n) is 9.56. The SMILES string of the molecule is C#CCCCN1CCN(CCCC#C)CC[N+]2(CCCC2=C)CC1. The highest BCUT2D eigenvalue weighted by Gasteiger charge is 2.37. The van der Waals surface area contributed by atoms with Crippen molar-refractivity contribution >= 4 is 0 Å². The fraction of sp³-hybridized carbons (Fsp3) is 0.714. The second-order valence-corrected chi connectivity index (χ2v) is 7.28. The Balaban J connectivity index is 2.00. The summed E-state index contributed by atoms with van der Waals surface area (Å²) < 4.78 is 1.14. The van der Waals surface area contributed by atoms with Crippen molar-refractivity contribution in [1.29, 1.82) is 0 Å². The lowest BCUT2D eigenvalue weighted by Gasteiger charge is -2.36. The molecule has 0 N–H and O–H groups in total. The van der Waals surface area contributed by atoms with Gasteiger partial charge in [-0.15, -0.1) is 24.7 Å². The van der Waals surface area contributed by atoms with E-state index in [4.69, 9.17) is 12.8 Å². The predicted octanol–water partition coefficient (Wildman–Crippen LogP) is 2.56. The van der Waals surface area contributed by atoms with Crippen LogP contribution in [0.15, 0.2) is 12.3 Å². The summed E-state index contributed by atoms with van der Waals surface area (Å²) in [7, 11) is 0. The van der Waals surface area contributed by atoms with Crippen LogP contribution in [-0.4, -0.2) is 73.2 Å². The van der Waals surface area contributed by atoms with Gasteiger partial charge in [0.1, 0.15) is 5.70 Å². The van der Waals surface area contributed by atoms with Crippen LogP contribution in [0.2, 0.25) is 0 Å². The van der Waals surface area contributed by atoms with Crippen LogP contribution >= 0.6 is 0 Å². The van der Waals surface area contributed by atoms with Crippen molar-refractivity contribution in [2.75, 3.05) is 58.9 Å². The number of unbranched alkanes of at least 4 members (excludes halogenated alkanes) is 2. The molecule has 0 saturated carbocycles. The van der Waals surface area contributed by atoms with Crippen LogP contribution in [0.4, 0.5) is 0 Å². The van der Waals surface area contributed by atoms with Crippen molar-refractivity contribution in [3.05, 3.63) is 12.3 Å². The van der Waals surface area contributed by atoms with Gasteiger partial charge >= 0.3 is 0 Å². The molecular weight excluding hydrogens is 294 g/mol. The van der Waals surface area contributed by atoms with Gasteiger partial charge in [0.05, 0.1) is 19.6 Å². The third kappa shape index (κ3) is 5.38. The van der Waals surface area contributed by atoms with Gasteiger partial charge in [0.25, 0.3) is 0 Å². The number of quaternary nitrogens is 1. The predicted molar refractivity (Wildman–Crippen MR) is 102 cm³/mol. The van der Waals surface area contributed by atoms with E-state index in [0.717, 1.165) is 56.3 Å². The molecule has 3 nitrogen and oxygen atoms in total. The second kappa shape index (κ2) is 9.90. The Morgan fingerprint density at radius 3 is 1.83 bits per heavy atom. The van der Waals surface area contributed by atoms with E-state index in [9.17, 15) is 0 Å². The Kier molecular flexibility index (Phi) is 7.86. The van der Waals surface area contributed by atoms with Crippen molar-refractivity contribution in [1.82, 2.24) is 9.80 Å². The molecule has 0 amide bonds. The van der Waals surface area contributed by atoms with Crippen LogP contribution < -0.4 is 0 Å². The molecule has 2 heterocycles. The maximum absolute atomic E-state index is 5.42. The molecule has 2 aliphatic rings. The zero-order chi connectivity index (χ0) is 17.3. The van der Waals surface area contributed by atoms with E-state index in [1.165, 1.54) is 51.3 Å². The van der Waals surface area contributed by atoms with Crippen molar-refractivity contribution < 1.29 is 4.48 Å². The van der Waals surface area contributed by atoms with Gasteiger partial charge in [-0.25, -0.2) is 0 Å². The van der Waals surface area contributed by atoms with E-state index in [0.29, 0.717) is 0 Å². The van der Waals surface area contributed by atoms with Crippen LogP contribution in [0.5, 0.6) is 0 Å². The van der Waals surface area contributed by atoms with Crippen LogP contribution in [0, 0.1) is 24.7 Å². The standard InChI is InChI=1S/C21H34N3/c1-4-6-8-12-22-14-15-23(13-9-7-5-2)17-20-24(19-16-22)18-10-11-21(24)3/h1-2H,3,6-20H2/q+1. The zero-order valence-corrected chi connectivity index (χ0v) is 15.3. The number of allylic oxidation sites excluding steroid dienone is 1. The Morgan fingerprint density at radius 2 is 1.42 bits per heavy atom. The summed E-state index contributed by atoms with van der Waals surface area (Å²) in [5.41, 5.74) is 1.45. The van der Waals surface area contributed by atoms with E-state index < -0.39 is 0 Å². The fourth-order valence-corrected chi connectivity index (χ4v) is 4.06. The second-order valence-electron chi connectivity index (χ2n) is 7.28. The summed E-state index contributed by atoms with van der Waals surface area (Å²) in [4.78, 5) is 5.23. The fourth-order valence-electron chi connectivity index (χ4n) is 4.06. The summed E-state index contributed by atoms with van der Waals surface area (Å²) in [6.07, 6.45) is 17.3. The van der Waals surface area contributed by atoms with Crippen LogP contribution in [-0.2, 0) is 0 Å². The van der Waals surface area contributed by atoms with Gasteiger partial charge < -0.3 is 0 Å². The Morgan fingerprint density at radius 1 is 0.875 bits per heavy atom. The molecule has 0 atom stereocenters. The highest BCUT2D eigenvalue weighted by molar-refractivity contribution is 4.90. The number of nitrogens with zero attached hydrogens (tertiary/aromatic N) is 3. The molecule has 0 radical (unpaired) electrons. The van der Waals surface area contributed by atoms with Crippen molar-refractivity contribution in [2.45, 2.75) is 38.5 Å². The maximum Gasteiger partial charge on any atom is 0.102 e. The van der Waals surface area contributed by atoms with Gasteiger partial charge in [-0.1, -0.05) is 0 Å². The first kappa shape index (κ1) is 19.1. The van der Waals surface area contributed by atoms with Crippen LogP contribution in [0.3, 0.4) is 0 Å². The molecule has 0 aromatic rings. The smallest absolute Gasteiger partial charge is 0.102 e. The summed E-state index contributed by atoms with van der Waals surface area (Å²) in [5.74, 6) is 5.54. The quantitative estimate of drug-likeness (QED) is 0.420. The minimum Gasteiger partial charge on any atom is -0.296 e. The first-order chi connectivity index (χ1) is 11.7. The van der Waals surface area contributed by atoms with Gasteiger partial charge in [-0.3, -0.25) is 14.3 Å². The molecule has 0 aliphatic carbocycles. The molecule has 2 fully saturated rings. The van der Waals surface area contributed by atoms with E-state index in [2.05, 4.69) is 28.2 Å². The molecule has 2 rings (SSSR count). The molecule has 24 heavy (non-hydrogen) atoms. The number of rotatable bonds is 6. The molecule has 0 unspecified atom stereocenters. The third-order valence-electron chi connectivity index (χ3n) is 5.73. The van der Waals surface area contributed by atoms with E-state index >= 15 is 0 Å². The van der Waals surface area contributed by atoms with Crippen molar-refractivity contribution in [3.63, 3.8) is 0 Å². The first-order valence-corrected chi connectivity index (χ1v) is 9.56. The Bertz CT molecular complexity index is 450.